The van der Waals surface area contributed by atoms with E-state index in [1.54, 1.807) is 0 Å². The summed E-state index contributed by atoms with van der Waals surface area (Å²) in [5, 5.41) is 0. The molecule has 0 N–H and O–H groups in total. The Bertz CT molecular complexity index is 3230. The van der Waals surface area contributed by atoms with Gasteiger partial charge in [-0.2, -0.15) is 0 Å². The zero-order valence-electron chi connectivity index (χ0n) is 41.8. The molecule has 7 aromatic carbocycles. The third kappa shape index (κ3) is 7.03. The number of anilines is 6. The summed E-state index contributed by atoms with van der Waals surface area (Å²) in [5.74, 6) is 3.62. The number of ether oxygens (including phenoxy) is 1. The van der Waals surface area contributed by atoms with Gasteiger partial charge in [0.15, 0.2) is 29.0 Å². The van der Waals surface area contributed by atoms with Crippen molar-refractivity contribution in [1.29, 1.82) is 0 Å². The Kier molecular flexibility index (Phi) is 9.44. The zero-order valence-corrected chi connectivity index (χ0v) is 42.6. The fourth-order valence-electron chi connectivity index (χ4n) is 10.5. The summed E-state index contributed by atoms with van der Waals surface area (Å²) in [6, 6.07) is 49.0. The zero-order chi connectivity index (χ0) is 48.1. The van der Waals surface area contributed by atoms with Crippen molar-refractivity contribution in [2.75, 3.05) is 9.80 Å². The monoisotopic (exact) mass is 919 g/mol. The van der Waals surface area contributed by atoms with Gasteiger partial charge in [0, 0.05) is 37.9 Å². The molecule has 1 aromatic heterocycles. The summed E-state index contributed by atoms with van der Waals surface area (Å²) >= 11 is 1.91. The van der Waals surface area contributed by atoms with E-state index in [1.807, 2.05) is 48.2 Å². The lowest BCUT2D eigenvalue weighted by molar-refractivity contribution is 0.470. The molecule has 6 nitrogen and oxygen atoms in total. The number of nitrogens with zero attached hydrogens (tertiary/aromatic N) is 5. The number of rotatable bonds is 3. The molecular formula is C61H58BN5OS. The van der Waals surface area contributed by atoms with Crippen LogP contribution in [0, 0.1) is 0 Å². The van der Waals surface area contributed by atoms with E-state index in [0.717, 1.165) is 50.9 Å². The van der Waals surface area contributed by atoms with Gasteiger partial charge in [0.05, 0.1) is 22.7 Å². The van der Waals surface area contributed by atoms with Crippen LogP contribution in [0.5, 0.6) is 11.5 Å². The second-order valence-corrected chi connectivity index (χ2v) is 24.5. The van der Waals surface area contributed by atoms with Gasteiger partial charge in [0.2, 0.25) is 0 Å². The first-order valence-corrected chi connectivity index (χ1v) is 25.2. The minimum atomic E-state index is -0.140. The summed E-state index contributed by atoms with van der Waals surface area (Å²) in [6.45, 7) is 27.6. The van der Waals surface area contributed by atoms with Crippen molar-refractivity contribution in [1.82, 2.24) is 15.0 Å². The fraction of sp³-hybridized carbons (Fsp3) is 0.262. The third-order valence-electron chi connectivity index (χ3n) is 14.4. The molecule has 0 amide bonds. The van der Waals surface area contributed by atoms with E-state index in [9.17, 15) is 0 Å². The van der Waals surface area contributed by atoms with Crippen molar-refractivity contribution < 1.29 is 4.74 Å². The smallest absolute Gasteiger partial charge is 0.252 e. The molecule has 69 heavy (non-hydrogen) atoms. The third-order valence-corrected chi connectivity index (χ3v) is 15.5. The Morgan fingerprint density at radius 2 is 0.855 bits per heavy atom. The van der Waals surface area contributed by atoms with E-state index < -0.39 is 0 Å². The van der Waals surface area contributed by atoms with Gasteiger partial charge in [-0.1, -0.05) is 180 Å². The van der Waals surface area contributed by atoms with E-state index in [-0.39, 0.29) is 28.4 Å². The highest BCUT2D eigenvalue weighted by Crippen LogP contribution is 2.58. The summed E-state index contributed by atoms with van der Waals surface area (Å²) in [6.07, 6.45) is 0. The molecule has 4 aliphatic rings. The Morgan fingerprint density at radius 1 is 0.406 bits per heavy atom. The number of aromatic nitrogens is 3. The van der Waals surface area contributed by atoms with Crippen molar-refractivity contribution in [2.24, 2.45) is 0 Å². The highest BCUT2D eigenvalue weighted by molar-refractivity contribution is 7.99. The average molecular weight is 920 g/mol. The first-order valence-electron chi connectivity index (χ1n) is 24.4. The van der Waals surface area contributed by atoms with Gasteiger partial charge in [0.25, 0.3) is 6.71 Å². The molecule has 0 fully saturated rings. The molecule has 12 rings (SSSR count). The standard InChI is InChI=1S/C61H58BN5OS/c1-58(2,3)38-23-25-44-48(31-38)68-49-32-40(60(7,8)9)29-42-53(49)66(44)46-27-37(57-64-55(35-19-15-13-16-20-35)63-56(65-57)36-21-17-14-18-22-36)28-47-52(46)62(42)43-30-41(61(10,11)12)34-51-54(43)67(47)45-26-24-39(59(4,5)6)33-50(45)69-51/h13-34H,1-12H3. The Labute approximate surface area is 412 Å². The topological polar surface area (TPSA) is 54.4 Å². The van der Waals surface area contributed by atoms with E-state index in [2.05, 4.69) is 190 Å². The number of hydrogen-bond acceptors (Lipinski definition) is 7. The Morgan fingerprint density at radius 3 is 1.41 bits per heavy atom. The maximum atomic E-state index is 7.24. The van der Waals surface area contributed by atoms with Crippen LogP contribution in [0.25, 0.3) is 34.2 Å². The van der Waals surface area contributed by atoms with Crippen LogP contribution in [-0.4, -0.2) is 21.7 Å². The lowest BCUT2D eigenvalue weighted by Crippen LogP contribution is -2.62. The first-order chi connectivity index (χ1) is 32.7. The Hall–Kier alpha value is -6.64. The molecule has 8 aromatic rings. The van der Waals surface area contributed by atoms with Gasteiger partial charge < -0.3 is 14.5 Å². The minimum Gasteiger partial charge on any atom is -0.453 e. The van der Waals surface area contributed by atoms with Crippen LogP contribution in [0.1, 0.15) is 105 Å². The summed E-state index contributed by atoms with van der Waals surface area (Å²) in [4.78, 5) is 23.5. The maximum Gasteiger partial charge on any atom is 0.252 e. The molecule has 0 spiro atoms. The van der Waals surface area contributed by atoms with Gasteiger partial charge >= 0.3 is 0 Å². The van der Waals surface area contributed by atoms with Gasteiger partial charge in [-0.25, -0.2) is 15.0 Å². The molecule has 0 radical (unpaired) electrons. The SMILES string of the molecule is CC(C)(C)c1ccc2c(c1)Oc1cc(C(C)(C)C)cc3c1N2c1cc(-c2nc(-c4ccccc4)nc(-c4ccccc4)n2)cc2c1B3c1cc(C(C)(C)C)cc3c1N2c1ccc(C(C)(C)C)cc1S3. The van der Waals surface area contributed by atoms with E-state index in [4.69, 9.17) is 19.7 Å². The van der Waals surface area contributed by atoms with E-state index in [1.165, 1.54) is 59.8 Å². The van der Waals surface area contributed by atoms with Crippen LogP contribution in [0.15, 0.2) is 143 Å². The molecule has 0 saturated heterocycles. The van der Waals surface area contributed by atoms with E-state index in [0.29, 0.717) is 17.5 Å². The lowest BCUT2D eigenvalue weighted by Gasteiger charge is -2.48. The summed E-state index contributed by atoms with van der Waals surface area (Å²) < 4.78 is 7.24. The Balaban J connectivity index is 1.22. The first kappa shape index (κ1) is 43.6. The van der Waals surface area contributed by atoms with Crippen molar-refractivity contribution in [3.8, 4) is 45.7 Å². The molecule has 5 heterocycles. The largest absolute Gasteiger partial charge is 0.453 e. The molecule has 0 saturated carbocycles. The number of benzene rings is 7. The van der Waals surface area contributed by atoms with Crippen LogP contribution in [0.3, 0.4) is 0 Å². The molecule has 342 valence electrons. The van der Waals surface area contributed by atoms with Gasteiger partial charge in [0.1, 0.15) is 0 Å². The van der Waals surface area contributed by atoms with Crippen LogP contribution in [0.4, 0.5) is 34.1 Å². The molecule has 0 unspecified atom stereocenters. The molecule has 4 aliphatic heterocycles. The van der Waals surface area contributed by atoms with Crippen LogP contribution >= 0.6 is 11.8 Å². The minimum absolute atomic E-state index is 0.0191. The second-order valence-electron chi connectivity index (χ2n) is 23.5. The molecule has 8 heteroatoms. The van der Waals surface area contributed by atoms with Gasteiger partial charge in [-0.15, -0.1) is 0 Å². The van der Waals surface area contributed by atoms with Crippen molar-refractivity contribution in [2.45, 2.75) is 115 Å². The highest BCUT2D eigenvalue weighted by atomic mass is 32.2. The number of hydrogen-bond donors (Lipinski definition) is 0. The summed E-state index contributed by atoms with van der Waals surface area (Å²) in [7, 11) is 0. The second kappa shape index (κ2) is 14.9. The fourth-order valence-corrected chi connectivity index (χ4v) is 11.7. The van der Waals surface area contributed by atoms with Crippen molar-refractivity contribution in [3.05, 3.63) is 156 Å². The van der Waals surface area contributed by atoms with Crippen LogP contribution < -0.4 is 30.9 Å². The van der Waals surface area contributed by atoms with Crippen LogP contribution in [-0.2, 0) is 21.7 Å². The predicted octanol–water partition coefficient (Wildman–Crippen LogP) is 14.7. The molecule has 0 aliphatic carbocycles. The van der Waals surface area contributed by atoms with Crippen LogP contribution in [0.2, 0.25) is 0 Å². The van der Waals surface area contributed by atoms with E-state index >= 15 is 0 Å². The maximum absolute atomic E-state index is 7.24. The number of fused-ring (bicyclic) bond motifs is 8. The molecular weight excluding hydrogens is 862 g/mol. The molecule has 0 atom stereocenters. The normalized spacial score (nSPS) is 14.3. The van der Waals surface area contributed by atoms with Gasteiger partial charge in [-0.3, -0.25) is 0 Å². The lowest BCUT2D eigenvalue weighted by atomic mass is 9.33. The summed E-state index contributed by atoms with van der Waals surface area (Å²) in [5.41, 5.74) is 18.2. The van der Waals surface area contributed by atoms with Crippen molar-refractivity contribution >= 4 is 69.0 Å². The average Bonchev–Trinajstić information content (AvgIpc) is 3.31. The quantitative estimate of drug-likeness (QED) is 0.164. The molecule has 0 bridgehead atoms. The van der Waals surface area contributed by atoms with Gasteiger partial charge in [-0.05, 0) is 109 Å². The predicted molar refractivity (Wildman–Crippen MR) is 289 cm³/mol. The highest BCUT2D eigenvalue weighted by Gasteiger charge is 2.49. The van der Waals surface area contributed by atoms with Crippen molar-refractivity contribution in [3.63, 3.8) is 0 Å².